The minimum Gasteiger partial charge on any atom is -0.507 e. The fourth-order valence-electron chi connectivity index (χ4n) is 4.38. The van der Waals surface area contributed by atoms with E-state index < -0.39 is 0 Å². The molecule has 194 valence electrons. The molecule has 1 N–H and O–H groups in total. The van der Waals surface area contributed by atoms with Crippen molar-refractivity contribution in [2.75, 3.05) is 0 Å². The number of ether oxygens (including phenoxy) is 1. The molecule has 0 fully saturated rings. The second-order valence-electron chi connectivity index (χ2n) is 9.02. The van der Waals surface area contributed by atoms with Gasteiger partial charge in [0.25, 0.3) is 0 Å². The van der Waals surface area contributed by atoms with Crippen molar-refractivity contribution in [1.29, 1.82) is 0 Å². The molecule has 0 aliphatic carbocycles. The third-order valence-electron chi connectivity index (χ3n) is 6.21. The van der Waals surface area contributed by atoms with Gasteiger partial charge in [-0.15, -0.1) is 23.8 Å². The van der Waals surface area contributed by atoms with E-state index in [-0.39, 0.29) is 26.8 Å². The molecular formula is C32H23N4O2Pt-. The van der Waals surface area contributed by atoms with E-state index in [2.05, 4.69) is 11.1 Å². The molecule has 7 heteroatoms. The summed E-state index contributed by atoms with van der Waals surface area (Å²) in [6.07, 6.45) is 1.72. The van der Waals surface area contributed by atoms with Crippen LogP contribution in [0.1, 0.15) is 11.1 Å². The van der Waals surface area contributed by atoms with Gasteiger partial charge in [-0.05, 0) is 48.6 Å². The summed E-state index contributed by atoms with van der Waals surface area (Å²) in [5.74, 6) is 2.44. The van der Waals surface area contributed by atoms with E-state index >= 15 is 0 Å². The fraction of sp³-hybridized carbons (Fsp3) is 0.0625. The Hall–Kier alpha value is -4.41. The first-order valence-electron chi connectivity index (χ1n) is 12.2. The number of rotatable bonds is 5. The summed E-state index contributed by atoms with van der Waals surface area (Å²) in [6.45, 7) is 3.84. The summed E-state index contributed by atoms with van der Waals surface area (Å²) >= 11 is 0. The van der Waals surface area contributed by atoms with E-state index in [0.717, 1.165) is 27.5 Å². The third kappa shape index (κ3) is 5.43. The van der Waals surface area contributed by atoms with Crippen LogP contribution in [0.15, 0.2) is 97.2 Å². The van der Waals surface area contributed by atoms with E-state index in [1.54, 1.807) is 6.20 Å². The summed E-state index contributed by atoms with van der Waals surface area (Å²) in [7, 11) is 0. The maximum Gasteiger partial charge on any atom is 0.225 e. The molecule has 0 aliphatic heterocycles. The number of benzene rings is 4. The Balaban J connectivity index is 0.00000308. The van der Waals surface area contributed by atoms with Crippen LogP contribution in [0.25, 0.3) is 44.9 Å². The Morgan fingerprint density at radius 2 is 1.49 bits per heavy atom. The summed E-state index contributed by atoms with van der Waals surface area (Å²) in [6, 6.07) is 32.2. The molecule has 6 nitrogen and oxygen atoms in total. The Morgan fingerprint density at radius 1 is 0.744 bits per heavy atom. The molecule has 2 aromatic heterocycles. The predicted octanol–water partition coefficient (Wildman–Crippen LogP) is 7.33. The monoisotopic (exact) mass is 690 g/mol. The number of phenols is 1. The average molecular weight is 691 g/mol. The van der Waals surface area contributed by atoms with Crippen molar-refractivity contribution in [3.8, 4) is 51.5 Å². The first-order valence-corrected chi connectivity index (χ1v) is 12.2. The predicted molar refractivity (Wildman–Crippen MR) is 148 cm³/mol. The number of aromatic nitrogens is 4. The van der Waals surface area contributed by atoms with Gasteiger partial charge in [-0.25, -0.2) is 9.97 Å². The normalized spacial score (nSPS) is 10.7. The molecule has 6 aromatic rings. The first-order chi connectivity index (χ1) is 18.5. The molecule has 2 heterocycles. The smallest absolute Gasteiger partial charge is 0.225 e. The van der Waals surface area contributed by atoms with Gasteiger partial charge < -0.3 is 9.84 Å². The molecule has 39 heavy (non-hydrogen) atoms. The molecule has 0 unspecified atom stereocenters. The Morgan fingerprint density at radius 3 is 2.33 bits per heavy atom. The van der Waals surface area contributed by atoms with Gasteiger partial charge in [-0.2, -0.15) is 0 Å². The first kappa shape index (κ1) is 26.2. The second kappa shape index (κ2) is 11.1. The molecule has 0 aliphatic rings. The summed E-state index contributed by atoms with van der Waals surface area (Å²) < 4.78 is 6.16. The topological polar surface area (TPSA) is 81.0 Å². The SMILES string of the molecule is Cc1cc(C)c(O)c(-c2nc(-c3[c-]c(Oc4nccc5ccccc45)ccc3)nc(-c3ccccc3)n2)c1.[Pt]. The molecule has 0 saturated carbocycles. The van der Waals surface area contributed by atoms with Gasteiger partial charge in [0.1, 0.15) is 5.75 Å². The molecule has 0 saturated heterocycles. The maximum absolute atomic E-state index is 10.9. The second-order valence-corrected chi connectivity index (χ2v) is 9.02. The van der Waals surface area contributed by atoms with Crippen LogP contribution in [0, 0.1) is 19.9 Å². The van der Waals surface area contributed by atoms with Crippen molar-refractivity contribution in [3.05, 3.63) is 114 Å². The third-order valence-corrected chi connectivity index (χ3v) is 6.21. The maximum atomic E-state index is 10.9. The van der Waals surface area contributed by atoms with E-state index in [9.17, 15) is 5.11 Å². The van der Waals surface area contributed by atoms with Crippen molar-refractivity contribution < 1.29 is 30.9 Å². The fourth-order valence-corrected chi connectivity index (χ4v) is 4.38. The minimum atomic E-state index is 0. The van der Waals surface area contributed by atoms with Crippen LogP contribution in [-0.4, -0.2) is 25.0 Å². The van der Waals surface area contributed by atoms with Crippen LogP contribution >= 0.6 is 0 Å². The number of aromatic hydroxyl groups is 1. The van der Waals surface area contributed by atoms with Crippen molar-refractivity contribution in [2.45, 2.75) is 13.8 Å². The van der Waals surface area contributed by atoms with Crippen LogP contribution in [0.4, 0.5) is 0 Å². The minimum absolute atomic E-state index is 0. The number of nitrogens with zero attached hydrogens (tertiary/aromatic N) is 4. The van der Waals surface area contributed by atoms with Gasteiger partial charge in [-0.1, -0.05) is 60.7 Å². The van der Waals surface area contributed by atoms with Gasteiger partial charge in [0.05, 0.1) is 11.4 Å². The van der Waals surface area contributed by atoms with E-state index in [1.165, 1.54) is 0 Å². The number of hydrogen-bond acceptors (Lipinski definition) is 6. The number of aryl methyl sites for hydroxylation is 2. The van der Waals surface area contributed by atoms with Crippen LogP contribution in [0.3, 0.4) is 0 Å². The van der Waals surface area contributed by atoms with Crippen LogP contribution < -0.4 is 4.74 Å². The van der Waals surface area contributed by atoms with Crippen LogP contribution in [-0.2, 0) is 21.1 Å². The van der Waals surface area contributed by atoms with E-state index in [4.69, 9.17) is 19.7 Å². The van der Waals surface area contributed by atoms with Crippen molar-refractivity contribution in [1.82, 2.24) is 19.9 Å². The summed E-state index contributed by atoms with van der Waals surface area (Å²) in [5.41, 5.74) is 3.78. The Labute approximate surface area is 240 Å². The molecule has 0 radical (unpaired) electrons. The van der Waals surface area contributed by atoms with Gasteiger partial charge in [0, 0.05) is 44.0 Å². The largest absolute Gasteiger partial charge is 0.507 e. The van der Waals surface area contributed by atoms with Gasteiger partial charge in [-0.3, -0.25) is 9.97 Å². The summed E-state index contributed by atoms with van der Waals surface area (Å²) in [5, 5.41) is 12.8. The quantitative estimate of drug-likeness (QED) is 0.191. The van der Waals surface area contributed by atoms with Crippen LogP contribution in [0.2, 0.25) is 0 Å². The Bertz CT molecular complexity index is 1790. The molecule has 6 rings (SSSR count). The zero-order valence-corrected chi connectivity index (χ0v) is 23.5. The van der Waals surface area contributed by atoms with Gasteiger partial charge >= 0.3 is 0 Å². The van der Waals surface area contributed by atoms with E-state index in [1.807, 2.05) is 105 Å². The van der Waals surface area contributed by atoms with E-state index in [0.29, 0.717) is 40.2 Å². The molecule has 0 bridgehead atoms. The van der Waals surface area contributed by atoms with Crippen LogP contribution in [0.5, 0.6) is 17.4 Å². The number of phenolic OH excluding ortho intramolecular Hbond substituents is 1. The number of fused-ring (bicyclic) bond motifs is 1. The molecular weight excluding hydrogens is 667 g/mol. The number of pyridine rings is 1. The molecule has 0 spiro atoms. The van der Waals surface area contributed by atoms with Gasteiger partial charge in [0.2, 0.25) is 5.88 Å². The molecule has 4 aromatic carbocycles. The van der Waals surface area contributed by atoms with Crippen molar-refractivity contribution >= 4 is 10.8 Å². The van der Waals surface area contributed by atoms with Crippen molar-refractivity contribution in [3.63, 3.8) is 0 Å². The standard InChI is InChI=1S/C32H23N4O2.Pt/c1-20-17-21(2)28(37)27(18-20)31-35-29(23-10-4-3-5-11-23)34-30(36-31)24-12-8-13-25(19-24)38-32-26-14-7-6-9-22(26)15-16-33-32;/h3-18,37H,1-2H3;/q-1;. The zero-order valence-electron chi connectivity index (χ0n) is 21.2. The summed E-state index contributed by atoms with van der Waals surface area (Å²) in [4.78, 5) is 18.7. The average Bonchev–Trinajstić information content (AvgIpc) is 2.95. The van der Waals surface area contributed by atoms with Crippen molar-refractivity contribution in [2.24, 2.45) is 0 Å². The molecule has 0 amide bonds. The van der Waals surface area contributed by atoms with Gasteiger partial charge in [0.15, 0.2) is 11.6 Å². The Kier molecular flexibility index (Phi) is 7.48. The zero-order chi connectivity index (χ0) is 26.1. The number of hydrogen-bond donors (Lipinski definition) is 1. The molecule has 0 atom stereocenters.